The molecule has 0 unspecified atom stereocenters. The van der Waals surface area contributed by atoms with E-state index < -0.39 is 0 Å². The van der Waals surface area contributed by atoms with Crippen LogP contribution >= 0.6 is 11.6 Å². The fraction of sp³-hybridized carbons (Fsp3) is 0.167. The number of piperazine rings is 1. The minimum absolute atomic E-state index is 0.0878. The van der Waals surface area contributed by atoms with E-state index in [1.807, 2.05) is 30.3 Å². The van der Waals surface area contributed by atoms with E-state index in [1.165, 1.54) is 5.39 Å². The van der Waals surface area contributed by atoms with Crippen molar-refractivity contribution in [2.75, 3.05) is 31.1 Å². The van der Waals surface area contributed by atoms with Gasteiger partial charge in [0.1, 0.15) is 5.15 Å². The second-order valence-electron chi connectivity index (χ2n) is 7.42. The second-order valence-corrected chi connectivity index (χ2v) is 7.78. The lowest BCUT2D eigenvalue weighted by Crippen LogP contribution is -2.49. The van der Waals surface area contributed by atoms with Crippen LogP contribution in [0.3, 0.4) is 0 Å². The van der Waals surface area contributed by atoms with Gasteiger partial charge < -0.3 is 9.80 Å². The van der Waals surface area contributed by atoms with Crippen LogP contribution < -0.4 is 4.90 Å². The number of aromatic nitrogens is 3. The molecule has 1 amide bonds. The van der Waals surface area contributed by atoms with Crippen molar-refractivity contribution in [3.63, 3.8) is 0 Å². The number of pyridine rings is 1. The zero-order valence-corrected chi connectivity index (χ0v) is 17.5. The van der Waals surface area contributed by atoms with Gasteiger partial charge in [0.05, 0.1) is 11.3 Å². The summed E-state index contributed by atoms with van der Waals surface area (Å²) in [6, 6.07) is 21.9. The van der Waals surface area contributed by atoms with Crippen LogP contribution in [0.1, 0.15) is 10.4 Å². The maximum Gasteiger partial charge on any atom is 0.257 e. The Labute approximate surface area is 185 Å². The third kappa shape index (κ3) is 3.82. The molecule has 154 valence electrons. The van der Waals surface area contributed by atoms with Gasteiger partial charge in [-0.05, 0) is 35.0 Å². The van der Waals surface area contributed by atoms with Gasteiger partial charge in [-0.25, -0.2) is 4.98 Å². The van der Waals surface area contributed by atoms with Crippen LogP contribution in [0.25, 0.3) is 22.0 Å². The van der Waals surface area contributed by atoms with Gasteiger partial charge in [0.25, 0.3) is 5.91 Å². The number of amides is 1. The summed E-state index contributed by atoms with van der Waals surface area (Å²) >= 11 is 6.08. The van der Waals surface area contributed by atoms with E-state index in [9.17, 15) is 4.79 Å². The normalized spacial score (nSPS) is 14.1. The van der Waals surface area contributed by atoms with E-state index in [0.717, 1.165) is 22.5 Å². The van der Waals surface area contributed by atoms with Crippen molar-refractivity contribution in [3.05, 3.63) is 83.6 Å². The number of hydrogen-bond donors (Lipinski definition) is 0. The summed E-state index contributed by atoms with van der Waals surface area (Å²) in [5, 5.41) is 11.5. The van der Waals surface area contributed by atoms with E-state index in [4.69, 9.17) is 11.6 Å². The lowest BCUT2D eigenvalue weighted by molar-refractivity contribution is 0.0746. The van der Waals surface area contributed by atoms with E-state index in [1.54, 1.807) is 23.2 Å². The molecule has 7 heteroatoms. The maximum absolute atomic E-state index is 12.7. The Morgan fingerprint density at radius 1 is 0.839 bits per heavy atom. The van der Waals surface area contributed by atoms with E-state index in [-0.39, 0.29) is 11.1 Å². The van der Waals surface area contributed by atoms with Crippen LogP contribution in [0.4, 0.5) is 5.82 Å². The maximum atomic E-state index is 12.7. The molecule has 5 rings (SSSR count). The van der Waals surface area contributed by atoms with Gasteiger partial charge in [0, 0.05) is 37.9 Å². The number of anilines is 1. The minimum atomic E-state index is -0.0878. The standard InChI is InChI=1S/C24H20ClN5O/c25-23-20(9-4-12-26-23)24(31)30-15-13-29(14-16-30)22-11-10-21(27-28-22)19-8-3-6-17-5-1-2-7-18(17)19/h1-12H,13-16H2. The topological polar surface area (TPSA) is 62.2 Å². The Morgan fingerprint density at radius 2 is 1.65 bits per heavy atom. The molecule has 0 radical (unpaired) electrons. The first-order chi connectivity index (χ1) is 15.2. The van der Waals surface area contributed by atoms with Gasteiger partial charge in [-0.2, -0.15) is 0 Å². The molecule has 4 aromatic rings. The van der Waals surface area contributed by atoms with Gasteiger partial charge in [0.2, 0.25) is 0 Å². The van der Waals surface area contributed by atoms with E-state index in [2.05, 4.69) is 44.3 Å². The Kier molecular flexibility index (Phi) is 5.22. The Morgan fingerprint density at radius 3 is 2.42 bits per heavy atom. The van der Waals surface area contributed by atoms with Crippen molar-refractivity contribution < 1.29 is 4.79 Å². The molecular formula is C24H20ClN5O. The molecule has 0 N–H and O–H groups in total. The number of benzene rings is 2. The number of fused-ring (bicyclic) bond motifs is 1. The van der Waals surface area contributed by atoms with E-state index in [0.29, 0.717) is 31.7 Å². The zero-order valence-electron chi connectivity index (χ0n) is 16.8. The number of nitrogens with zero attached hydrogens (tertiary/aromatic N) is 5. The largest absolute Gasteiger partial charge is 0.352 e. The molecule has 1 fully saturated rings. The fourth-order valence-electron chi connectivity index (χ4n) is 3.94. The third-order valence-electron chi connectivity index (χ3n) is 5.60. The summed E-state index contributed by atoms with van der Waals surface area (Å²) in [5.74, 6) is 0.727. The molecular weight excluding hydrogens is 410 g/mol. The molecule has 0 atom stereocenters. The van der Waals surface area contributed by atoms with Gasteiger partial charge in [-0.1, -0.05) is 54.1 Å². The predicted octanol–water partition coefficient (Wildman–Crippen LogP) is 4.31. The van der Waals surface area contributed by atoms with Crippen LogP contribution in [0.2, 0.25) is 5.15 Å². The first-order valence-corrected chi connectivity index (χ1v) is 10.5. The van der Waals surface area contributed by atoms with E-state index >= 15 is 0 Å². The Balaban J connectivity index is 1.29. The first kappa shape index (κ1) is 19.5. The molecule has 3 heterocycles. The number of hydrogen-bond acceptors (Lipinski definition) is 5. The molecule has 1 aliphatic rings. The van der Waals surface area contributed by atoms with Crippen LogP contribution in [0, 0.1) is 0 Å². The van der Waals surface area contributed by atoms with Gasteiger partial charge in [-0.3, -0.25) is 4.79 Å². The molecule has 31 heavy (non-hydrogen) atoms. The summed E-state index contributed by atoms with van der Waals surface area (Å²) in [5.41, 5.74) is 2.36. The summed E-state index contributed by atoms with van der Waals surface area (Å²) in [6.07, 6.45) is 1.58. The van der Waals surface area contributed by atoms with Gasteiger partial charge >= 0.3 is 0 Å². The molecule has 1 saturated heterocycles. The molecule has 2 aromatic heterocycles. The highest BCUT2D eigenvalue weighted by Crippen LogP contribution is 2.27. The predicted molar refractivity (Wildman–Crippen MR) is 122 cm³/mol. The Hall–Kier alpha value is -3.51. The summed E-state index contributed by atoms with van der Waals surface area (Å²) < 4.78 is 0. The van der Waals surface area contributed by atoms with Crippen molar-refractivity contribution in [2.24, 2.45) is 0 Å². The SMILES string of the molecule is O=C(c1cccnc1Cl)N1CCN(c2ccc(-c3cccc4ccccc34)nn2)CC1. The monoisotopic (exact) mass is 429 g/mol. The molecule has 0 bridgehead atoms. The molecule has 2 aromatic carbocycles. The number of halogens is 1. The molecule has 0 aliphatic carbocycles. The number of rotatable bonds is 3. The molecule has 0 saturated carbocycles. The highest BCUT2D eigenvalue weighted by Gasteiger charge is 2.24. The number of carbonyl (C=O) groups is 1. The van der Waals surface area contributed by atoms with Crippen molar-refractivity contribution in [2.45, 2.75) is 0 Å². The van der Waals surface area contributed by atoms with Crippen LogP contribution in [0.15, 0.2) is 72.9 Å². The molecule has 0 spiro atoms. The molecule has 1 aliphatic heterocycles. The van der Waals surface area contributed by atoms with Gasteiger partial charge in [0.15, 0.2) is 5.82 Å². The smallest absolute Gasteiger partial charge is 0.257 e. The lowest BCUT2D eigenvalue weighted by Gasteiger charge is -2.35. The summed E-state index contributed by atoms with van der Waals surface area (Å²) in [7, 11) is 0. The first-order valence-electron chi connectivity index (χ1n) is 10.2. The quantitative estimate of drug-likeness (QED) is 0.454. The van der Waals surface area contributed by atoms with Crippen LogP contribution in [-0.2, 0) is 0 Å². The van der Waals surface area contributed by atoms with Crippen molar-refractivity contribution in [3.8, 4) is 11.3 Å². The summed E-state index contributed by atoms with van der Waals surface area (Å²) in [6.45, 7) is 2.56. The lowest BCUT2D eigenvalue weighted by atomic mass is 10.0. The van der Waals surface area contributed by atoms with Crippen molar-refractivity contribution in [1.29, 1.82) is 0 Å². The average molecular weight is 430 g/mol. The highest BCUT2D eigenvalue weighted by molar-refractivity contribution is 6.32. The van der Waals surface area contributed by atoms with Crippen molar-refractivity contribution in [1.82, 2.24) is 20.1 Å². The molecule has 6 nitrogen and oxygen atoms in total. The van der Waals surface area contributed by atoms with Crippen LogP contribution in [-0.4, -0.2) is 52.2 Å². The van der Waals surface area contributed by atoms with Gasteiger partial charge in [-0.15, -0.1) is 10.2 Å². The van der Waals surface area contributed by atoms with Crippen LogP contribution in [0.5, 0.6) is 0 Å². The fourth-order valence-corrected chi connectivity index (χ4v) is 4.14. The Bertz CT molecular complexity index is 1230. The minimum Gasteiger partial charge on any atom is -0.352 e. The summed E-state index contributed by atoms with van der Waals surface area (Å²) in [4.78, 5) is 20.7. The third-order valence-corrected chi connectivity index (χ3v) is 5.90. The highest BCUT2D eigenvalue weighted by atomic mass is 35.5. The second kappa shape index (κ2) is 8.32. The average Bonchev–Trinajstić information content (AvgIpc) is 2.84. The zero-order chi connectivity index (χ0) is 21.2. The number of carbonyl (C=O) groups excluding carboxylic acids is 1. The van der Waals surface area contributed by atoms with Crippen molar-refractivity contribution >= 4 is 34.1 Å².